The second-order valence-corrected chi connectivity index (χ2v) is 6.45. The molecule has 20 heavy (non-hydrogen) atoms. The largest absolute Gasteiger partial charge is 0.317 e. The standard InChI is InChI=1S/C17H25FN2/c1-13-2-5-17(18)15(10-13)12-20(16-3-4-16)11-14-6-8-19-9-7-14/h2,5,10,14,16,19H,3-4,6-9,11-12H2,1H3. The van der Waals surface area contributed by atoms with Crippen LogP contribution in [0.2, 0.25) is 0 Å². The maximum atomic E-state index is 14.0. The Balaban J connectivity index is 1.66. The fourth-order valence-corrected chi connectivity index (χ4v) is 3.22. The minimum absolute atomic E-state index is 0.0495. The number of nitrogens with zero attached hydrogens (tertiary/aromatic N) is 1. The number of benzene rings is 1. The molecule has 0 bridgehead atoms. The van der Waals surface area contributed by atoms with E-state index in [1.807, 2.05) is 19.1 Å². The van der Waals surface area contributed by atoms with Gasteiger partial charge in [-0.15, -0.1) is 0 Å². The molecule has 0 atom stereocenters. The van der Waals surface area contributed by atoms with Gasteiger partial charge in [-0.3, -0.25) is 4.90 Å². The summed E-state index contributed by atoms with van der Waals surface area (Å²) in [6, 6.07) is 6.17. The SMILES string of the molecule is Cc1ccc(F)c(CN(CC2CCNCC2)C2CC2)c1. The molecule has 0 unspecified atom stereocenters. The second-order valence-electron chi connectivity index (χ2n) is 6.45. The van der Waals surface area contributed by atoms with Gasteiger partial charge in [0.2, 0.25) is 0 Å². The molecule has 1 heterocycles. The van der Waals surface area contributed by atoms with E-state index in [1.165, 1.54) is 25.7 Å². The van der Waals surface area contributed by atoms with Crippen LogP contribution in [0.5, 0.6) is 0 Å². The lowest BCUT2D eigenvalue weighted by Crippen LogP contribution is -2.37. The topological polar surface area (TPSA) is 15.3 Å². The average molecular weight is 276 g/mol. The number of hydrogen-bond acceptors (Lipinski definition) is 2. The zero-order valence-electron chi connectivity index (χ0n) is 12.4. The number of rotatable bonds is 5. The average Bonchev–Trinajstić information content (AvgIpc) is 3.28. The third kappa shape index (κ3) is 3.58. The third-order valence-corrected chi connectivity index (χ3v) is 4.59. The molecule has 0 amide bonds. The van der Waals surface area contributed by atoms with Crippen LogP contribution >= 0.6 is 0 Å². The van der Waals surface area contributed by atoms with E-state index in [0.29, 0.717) is 6.04 Å². The molecular weight excluding hydrogens is 251 g/mol. The lowest BCUT2D eigenvalue weighted by Gasteiger charge is -2.30. The molecule has 0 aromatic heterocycles. The van der Waals surface area contributed by atoms with Gasteiger partial charge < -0.3 is 5.32 Å². The quantitative estimate of drug-likeness (QED) is 0.889. The second kappa shape index (κ2) is 6.23. The first kappa shape index (κ1) is 14.0. The maximum Gasteiger partial charge on any atom is 0.127 e. The molecule has 2 nitrogen and oxygen atoms in total. The Bertz CT molecular complexity index is 450. The van der Waals surface area contributed by atoms with Crippen LogP contribution in [-0.4, -0.2) is 30.6 Å². The van der Waals surface area contributed by atoms with Crippen molar-refractivity contribution in [2.45, 2.75) is 45.2 Å². The van der Waals surface area contributed by atoms with E-state index >= 15 is 0 Å². The number of piperidine rings is 1. The van der Waals surface area contributed by atoms with Gasteiger partial charge in [-0.2, -0.15) is 0 Å². The molecule has 3 heteroatoms. The van der Waals surface area contributed by atoms with E-state index in [2.05, 4.69) is 10.2 Å². The zero-order chi connectivity index (χ0) is 13.9. The van der Waals surface area contributed by atoms with Gasteiger partial charge in [-0.05, 0) is 57.7 Å². The predicted octanol–water partition coefficient (Wildman–Crippen LogP) is 3.10. The van der Waals surface area contributed by atoms with Gasteiger partial charge in [0.05, 0.1) is 0 Å². The third-order valence-electron chi connectivity index (χ3n) is 4.59. The van der Waals surface area contributed by atoms with E-state index in [0.717, 1.165) is 43.2 Å². The fraction of sp³-hybridized carbons (Fsp3) is 0.647. The predicted molar refractivity (Wildman–Crippen MR) is 80.2 cm³/mol. The van der Waals surface area contributed by atoms with Crippen LogP contribution in [0.15, 0.2) is 18.2 Å². The molecule has 1 aromatic rings. The van der Waals surface area contributed by atoms with Crippen LogP contribution in [0.1, 0.15) is 36.8 Å². The van der Waals surface area contributed by atoms with Crippen molar-refractivity contribution in [1.82, 2.24) is 10.2 Å². The molecule has 1 aromatic carbocycles. The minimum atomic E-state index is -0.0495. The van der Waals surface area contributed by atoms with E-state index in [4.69, 9.17) is 0 Å². The van der Waals surface area contributed by atoms with Gasteiger partial charge in [0.15, 0.2) is 0 Å². The maximum absolute atomic E-state index is 14.0. The van der Waals surface area contributed by atoms with E-state index in [9.17, 15) is 4.39 Å². The summed E-state index contributed by atoms with van der Waals surface area (Å²) in [6.07, 6.45) is 5.11. The zero-order valence-corrected chi connectivity index (χ0v) is 12.4. The summed E-state index contributed by atoms with van der Waals surface area (Å²) < 4.78 is 14.0. The minimum Gasteiger partial charge on any atom is -0.317 e. The molecule has 1 saturated carbocycles. The monoisotopic (exact) mass is 276 g/mol. The Morgan fingerprint density at radius 3 is 2.65 bits per heavy atom. The van der Waals surface area contributed by atoms with Crippen LogP contribution in [0.3, 0.4) is 0 Å². The summed E-state index contributed by atoms with van der Waals surface area (Å²) in [7, 11) is 0. The Morgan fingerprint density at radius 2 is 1.95 bits per heavy atom. The van der Waals surface area contributed by atoms with Crippen molar-refractivity contribution in [3.8, 4) is 0 Å². The molecule has 1 N–H and O–H groups in total. The molecule has 2 aliphatic rings. The molecule has 1 saturated heterocycles. The van der Waals surface area contributed by atoms with Gasteiger partial charge in [-0.25, -0.2) is 4.39 Å². The van der Waals surface area contributed by atoms with Crippen LogP contribution in [0, 0.1) is 18.7 Å². The van der Waals surface area contributed by atoms with Crippen LogP contribution in [0.25, 0.3) is 0 Å². The first-order valence-corrected chi connectivity index (χ1v) is 7.92. The van der Waals surface area contributed by atoms with Crippen molar-refractivity contribution in [2.24, 2.45) is 5.92 Å². The number of hydrogen-bond donors (Lipinski definition) is 1. The molecule has 3 rings (SSSR count). The van der Waals surface area contributed by atoms with Gasteiger partial charge in [0.1, 0.15) is 5.82 Å². The summed E-state index contributed by atoms with van der Waals surface area (Å²) >= 11 is 0. The van der Waals surface area contributed by atoms with Crippen molar-refractivity contribution >= 4 is 0 Å². The first-order chi connectivity index (χ1) is 9.72. The van der Waals surface area contributed by atoms with Crippen molar-refractivity contribution in [3.63, 3.8) is 0 Å². The highest BCUT2D eigenvalue weighted by molar-refractivity contribution is 5.24. The van der Waals surface area contributed by atoms with Gasteiger partial charge in [-0.1, -0.05) is 17.7 Å². The van der Waals surface area contributed by atoms with Gasteiger partial charge >= 0.3 is 0 Å². The highest BCUT2D eigenvalue weighted by Crippen LogP contribution is 2.30. The van der Waals surface area contributed by atoms with Gasteiger partial charge in [0.25, 0.3) is 0 Å². The lowest BCUT2D eigenvalue weighted by atomic mass is 9.97. The van der Waals surface area contributed by atoms with E-state index in [-0.39, 0.29) is 5.82 Å². The highest BCUT2D eigenvalue weighted by atomic mass is 19.1. The molecule has 1 aliphatic carbocycles. The number of nitrogens with one attached hydrogen (secondary N) is 1. The lowest BCUT2D eigenvalue weighted by molar-refractivity contribution is 0.188. The highest BCUT2D eigenvalue weighted by Gasteiger charge is 2.31. The summed E-state index contributed by atoms with van der Waals surface area (Å²) in [5, 5.41) is 3.42. The normalized spacial score (nSPS) is 20.6. The summed E-state index contributed by atoms with van der Waals surface area (Å²) in [5.74, 6) is 0.733. The molecule has 110 valence electrons. The van der Waals surface area contributed by atoms with Crippen LogP contribution < -0.4 is 5.32 Å². The van der Waals surface area contributed by atoms with Crippen LogP contribution in [-0.2, 0) is 6.54 Å². The molecule has 2 fully saturated rings. The van der Waals surface area contributed by atoms with Crippen molar-refractivity contribution in [2.75, 3.05) is 19.6 Å². The van der Waals surface area contributed by atoms with Crippen LogP contribution in [0.4, 0.5) is 4.39 Å². The number of aryl methyl sites for hydroxylation is 1. The first-order valence-electron chi connectivity index (χ1n) is 7.92. The molecule has 1 aliphatic heterocycles. The van der Waals surface area contributed by atoms with Gasteiger partial charge in [0, 0.05) is 24.7 Å². The number of halogens is 1. The summed E-state index contributed by atoms with van der Waals surface area (Å²) in [6.45, 7) is 6.24. The smallest absolute Gasteiger partial charge is 0.127 e. The molecule has 0 spiro atoms. The van der Waals surface area contributed by atoms with E-state index in [1.54, 1.807) is 6.07 Å². The van der Waals surface area contributed by atoms with Crippen molar-refractivity contribution < 1.29 is 4.39 Å². The Kier molecular flexibility index (Phi) is 4.37. The summed E-state index contributed by atoms with van der Waals surface area (Å²) in [5.41, 5.74) is 2.02. The van der Waals surface area contributed by atoms with Crippen molar-refractivity contribution in [1.29, 1.82) is 0 Å². The molecule has 0 radical (unpaired) electrons. The Labute approximate surface area is 121 Å². The Morgan fingerprint density at radius 1 is 1.20 bits per heavy atom. The molecular formula is C17H25FN2. The van der Waals surface area contributed by atoms with E-state index < -0.39 is 0 Å². The van der Waals surface area contributed by atoms with Crippen molar-refractivity contribution in [3.05, 3.63) is 35.1 Å². The fourth-order valence-electron chi connectivity index (χ4n) is 3.22. The Hall–Kier alpha value is -0.930. The summed E-state index contributed by atoms with van der Waals surface area (Å²) in [4.78, 5) is 2.52.